The van der Waals surface area contributed by atoms with Gasteiger partial charge in [-0.1, -0.05) is 28.1 Å². The van der Waals surface area contributed by atoms with E-state index in [0.717, 1.165) is 37.3 Å². The summed E-state index contributed by atoms with van der Waals surface area (Å²) in [5.74, 6) is 0.811. The molecule has 19 heavy (non-hydrogen) atoms. The number of likely N-dealkylation sites (N-methyl/N-ethyl adjacent to an activating group) is 1. The van der Waals surface area contributed by atoms with Crippen LogP contribution in [0.3, 0.4) is 0 Å². The third kappa shape index (κ3) is 2.43. The van der Waals surface area contributed by atoms with Crippen molar-refractivity contribution in [2.45, 2.75) is 24.1 Å². The number of carbonyl (C=O) groups excluding carboxylic acids is 1. The molecule has 1 atom stereocenters. The summed E-state index contributed by atoms with van der Waals surface area (Å²) in [4.78, 5) is 13.8. The monoisotopic (exact) mass is 323 g/mol. The van der Waals surface area contributed by atoms with Gasteiger partial charge in [0.2, 0.25) is 5.91 Å². The molecule has 2 aliphatic heterocycles. The molecule has 3 nitrogen and oxygen atoms in total. The molecule has 1 unspecified atom stereocenters. The molecule has 1 aromatic carbocycles. The Bertz CT molecular complexity index is 497. The van der Waals surface area contributed by atoms with Crippen LogP contribution < -0.4 is 4.90 Å². The van der Waals surface area contributed by atoms with Crippen LogP contribution in [0.15, 0.2) is 18.2 Å². The zero-order chi connectivity index (χ0) is 13.4. The van der Waals surface area contributed by atoms with Crippen LogP contribution in [0, 0.1) is 5.92 Å². The Balaban J connectivity index is 1.82. The molecule has 1 amide bonds. The van der Waals surface area contributed by atoms with Crippen LogP contribution in [-0.4, -0.2) is 26.2 Å². The van der Waals surface area contributed by atoms with E-state index < -0.39 is 0 Å². The molecule has 1 fully saturated rings. The first-order valence-corrected chi connectivity index (χ1v) is 7.69. The Labute approximate surface area is 122 Å². The van der Waals surface area contributed by atoms with Crippen molar-refractivity contribution in [3.63, 3.8) is 0 Å². The molecule has 2 heterocycles. The number of alkyl halides is 1. The predicted molar refractivity (Wildman–Crippen MR) is 78.8 cm³/mol. The van der Waals surface area contributed by atoms with Gasteiger partial charge < -0.3 is 9.64 Å². The molecule has 1 saturated heterocycles. The number of halogens is 1. The molecular weight excluding hydrogens is 306 g/mol. The maximum Gasteiger partial charge on any atom is 0.231 e. The topological polar surface area (TPSA) is 29.5 Å². The number of rotatable bonds is 2. The van der Waals surface area contributed by atoms with Crippen molar-refractivity contribution in [1.29, 1.82) is 0 Å². The number of anilines is 1. The average Bonchev–Trinajstić information content (AvgIpc) is 2.74. The summed E-state index contributed by atoms with van der Waals surface area (Å²) in [6.07, 6.45) is 2.74. The van der Waals surface area contributed by atoms with E-state index in [4.69, 9.17) is 4.74 Å². The summed E-state index contributed by atoms with van der Waals surface area (Å²) < 4.78 is 5.42. The lowest BCUT2D eigenvalue weighted by atomic mass is 9.91. The van der Waals surface area contributed by atoms with E-state index >= 15 is 0 Å². The first-order chi connectivity index (χ1) is 9.16. The Morgan fingerprint density at radius 2 is 2.11 bits per heavy atom. The molecule has 0 spiro atoms. The zero-order valence-electron chi connectivity index (χ0n) is 11.1. The number of carbonyl (C=O) groups is 1. The van der Waals surface area contributed by atoms with Crippen molar-refractivity contribution in [2.24, 2.45) is 5.92 Å². The number of amides is 1. The van der Waals surface area contributed by atoms with Crippen molar-refractivity contribution in [3.8, 4) is 0 Å². The second kappa shape index (κ2) is 5.25. The SMILES string of the molecule is CN1C(=O)Cc2cc(C(Br)C3CCOCC3)ccc21. The third-order valence-corrected chi connectivity index (χ3v) is 5.46. The molecule has 0 aromatic heterocycles. The van der Waals surface area contributed by atoms with Gasteiger partial charge in [-0.3, -0.25) is 4.79 Å². The molecule has 0 N–H and O–H groups in total. The molecule has 0 saturated carbocycles. The van der Waals surface area contributed by atoms with Crippen molar-refractivity contribution in [2.75, 3.05) is 25.2 Å². The van der Waals surface area contributed by atoms with E-state index in [9.17, 15) is 4.79 Å². The highest BCUT2D eigenvalue weighted by Crippen LogP contribution is 2.39. The van der Waals surface area contributed by atoms with Gasteiger partial charge in [0.1, 0.15) is 0 Å². The fourth-order valence-electron chi connectivity index (χ4n) is 2.94. The van der Waals surface area contributed by atoms with Gasteiger partial charge in [0.15, 0.2) is 0 Å². The largest absolute Gasteiger partial charge is 0.381 e. The van der Waals surface area contributed by atoms with E-state index in [-0.39, 0.29) is 5.91 Å². The number of ether oxygens (including phenoxy) is 1. The minimum Gasteiger partial charge on any atom is -0.381 e. The molecule has 0 aliphatic carbocycles. The molecule has 3 rings (SSSR count). The lowest BCUT2D eigenvalue weighted by molar-refractivity contribution is -0.117. The normalized spacial score (nSPS) is 21.6. The van der Waals surface area contributed by atoms with Crippen LogP contribution in [0.25, 0.3) is 0 Å². The first kappa shape index (κ1) is 13.1. The van der Waals surface area contributed by atoms with Gasteiger partial charge in [0.25, 0.3) is 0 Å². The van der Waals surface area contributed by atoms with Gasteiger partial charge >= 0.3 is 0 Å². The summed E-state index contributed by atoms with van der Waals surface area (Å²) in [6, 6.07) is 6.40. The van der Waals surface area contributed by atoms with Crippen LogP contribution in [-0.2, 0) is 16.0 Å². The van der Waals surface area contributed by atoms with E-state index in [1.54, 1.807) is 4.90 Å². The Kier molecular flexibility index (Phi) is 3.63. The van der Waals surface area contributed by atoms with Gasteiger partial charge in [-0.15, -0.1) is 0 Å². The summed E-state index contributed by atoms with van der Waals surface area (Å²) in [6.45, 7) is 1.72. The molecular formula is C15H18BrNO2. The van der Waals surface area contributed by atoms with Crippen LogP contribution in [0.1, 0.15) is 28.8 Å². The lowest BCUT2D eigenvalue weighted by Gasteiger charge is -2.27. The first-order valence-electron chi connectivity index (χ1n) is 6.78. The minimum atomic E-state index is 0.185. The highest BCUT2D eigenvalue weighted by atomic mass is 79.9. The highest BCUT2D eigenvalue weighted by molar-refractivity contribution is 9.09. The number of nitrogens with zero attached hydrogens (tertiary/aromatic N) is 1. The van der Waals surface area contributed by atoms with Crippen LogP contribution in [0.4, 0.5) is 5.69 Å². The second-order valence-corrected chi connectivity index (χ2v) is 6.36. The quantitative estimate of drug-likeness (QED) is 0.783. The number of benzene rings is 1. The summed E-state index contributed by atoms with van der Waals surface area (Å²) in [5, 5.41) is 0. The summed E-state index contributed by atoms with van der Waals surface area (Å²) in [5.41, 5.74) is 3.50. The number of hydrogen-bond donors (Lipinski definition) is 0. The molecule has 0 radical (unpaired) electrons. The third-order valence-electron chi connectivity index (χ3n) is 4.18. The highest BCUT2D eigenvalue weighted by Gasteiger charge is 2.27. The van der Waals surface area contributed by atoms with E-state index in [1.807, 2.05) is 7.05 Å². The maximum absolute atomic E-state index is 11.7. The Hall–Kier alpha value is -0.870. The maximum atomic E-state index is 11.7. The second-order valence-electron chi connectivity index (χ2n) is 5.37. The fraction of sp³-hybridized carbons (Fsp3) is 0.533. The van der Waals surface area contributed by atoms with Crippen molar-refractivity contribution >= 4 is 27.5 Å². The number of fused-ring (bicyclic) bond motifs is 1. The number of hydrogen-bond acceptors (Lipinski definition) is 2. The molecule has 4 heteroatoms. The molecule has 2 aliphatic rings. The summed E-state index contributed by atoms with van der Waals surface area (Å²) >= 11 is 3.83. The van der Waals surface area contributed by atoms with Crippen molar-refractivity contribution < 1.29 is 9.53 Å². The van der Waals surface area contributed by atoms with Crippen LogP contribution >= 0.6 is 15.9 Å². The minimum absolute atomic E-state index is 0.185. The van der Waals surface area contributed by atoms with Crippen LogP contribution in [0.2, 0.25) is 0 Å². The van der Waals surface area contributed by atoms with E-state index in [2.05, 4.69) is 34.1 Å². The summed E-state index contributed by atoms with van der Waals surface area (Å²) in [7, 11) is 1.85. The van der Waals surface area contributed by atoms with E-state index in [0.29, 0.717) is 17.2 Å². The van der Waals surface area contributed by atoms with Gasteiger partial charge in [0.05, 0.1) is 6.42 Å². The Morgan fingerprint density at radius 3 is 2.84 bits per heavy atom. The van der Waals surface area contributed by atoms with Gasteiger partial charge in [-0.05, 0) is 36.0 Å². The molecule has 0 bridgehead atoms. The predicted octanol–water partition coefficient (Wildman–Crippen LogP) is 3.07. The smallest absolute Gasteiger partial charge is 0.231 e. The van der Waals surface area contributed by atoms with Gasteiger partial charge in [-0.25, -0.2) is 0 Å². The van der Waals surface area contributed by atoms with Gasteiger partial charge in [-0.2, -0.15) is 0 Å². The lowest BCUT2D eigenvalue weighted by Crippen LogP contribution is -2.20. The Morgan fingerprint density at radius 1 is 1.37 bits per heavy atom. The zero-order valence-corrected chi connectivity index (χ0v) is 12.6. The average molecular weight is 324 g/mol. The standard InChI is InChI=1S/C15H18BrNO2/c1-17-13-3-2-11(8-12(13)9-14(17)18)15(16)10-4-6-19-7-5-10/h2-3,8,10,15H,4-7,9H2,1H3. The fourth-order valence-corrected chi connectivity index (χ4v) is 3.76. The molecule has 102 valence electrons. The van der Waals surface area contributed by atoms with Crippen LogP contribution in [0.5, 0.6) is 0 Å². The van der Waals surface area contributed by atoms with Crippen molar-refractivity contribution in [1.82, 2.24) is 0 Å². The van der Waals surface area contributed by atoms with E-state index in [1.165, 1.54) is 5.56 Å². The molecule has 1 aromatic rings. The van der Waals surface area contributed by atoms with Gasteiger partial charge in [0, 0.05) is 30.8 Å². The van der Waals surface area contributed by atoms with Crippen molar-refractivity contribution in [3.05, 3.63) is 29.3 Å².